The highest BCUT2D eigenvalue weighted by Crippen LogP contribution is 2.37. The maximum Gasteiger partial charge on any atom is 0.312 e. The Balaban J connectivity index is 1.82. The van der Waals surface area contributed by atoms with E-state index in [1.807, 2.05) is 24.3 Å². The SMILES string of the molecule is COc1ccc(Nc2nc3c(s2)CCCC3C(=O)O)cc1. The Kier molecular flexibility index (Phi) is 3.79. The van der Waals surface area contributed by atoms with Crippen LogP contribution >= 0.6 is 11.3 Å². The molecule has 21 heavy (non-hydrogen) atoms. The number of anilines is 2. The van der Waals surface area contributed by atoms with Crippen molar-refractivity contribution in [2.45, 2.75) is 25.2 Å². The monoisotopic (exact) mass is 304 g/mol. The standard InChI is InChI=1S/C15H16N2O3S/c1-20-10-7-5-9(6-8-10)16-15-17-13-11(14(18)19)3-2-4-12(13)21-15/h5-8,11H,2-4H2,1H3,(H,16,17)(H,18,19). The number of fused-ring (bicyclic) bond motifs is 1. The normalized spacial score (nSPS) is 17.1. The molecule has 6 heteroatoms. The molecule has 3 rings (SSSR count). The smallest absolute Gasteiger partial charge is 0.312 e. The Morgan fingerprint density at radius 1 is 1.43 bits per heavy atom. The summed E-state index contributed by atoms with van der Waals surface area (Å²) in [6.45, 7) is 0. The van der Waals surface area contributed by atoms with Crippen molar-refractivity contribution in [2.75, 3.05) is 12.4 Å². The van der Waals surface area contributed by atoms with Gasteiger partial charge in [0.1, 0.15) is 11.7 Å². The zero-order valence-electron chi connectivity index (χ0n) is 11.6. The van der Waals surface area contributed by atoms with Crippen molar-refractivity contribution in [1.29, 1.82) is 0 Å². The number of thiazole rings is 1. The van der Waals surface area contributed by atoms with E-state index in [4.69, 9.17) is 4.74 Å². The summed E-state index contributed by atoms with van der Waals surface area (Å²) in [6.07, 6.45) is 2.50. The zero-order chi connectivity index (χ0) is 14.8. The molecule has 0 fully saturated rings. The average molecular weight is 304 g/mol. The number of hydrogen-bond donors (Lipinski definition) is 2. The summed E-state index contributed by atoms with van der Waals surface area (Å²) in [5.41, 5.74) is 1.64. The van der Waals surface area contributed by atoms with Crippen LogP contribution in [0.1, 0.15) is 29.3 Å². The van der Waals surface area contributed by atoms with E-state index in [-0.39, 0.29) is 0 Å². The number of ether oxygens (including phenoxy) is 1. The molecular weight excluding hydrogens is 288 g/mol. The van der Waals surface area contributed by atoms with Crippen molar-refractivity contribution >= 4 is 28.1 Å². The van der Waals surface area contributed by atoms with Crippen LogP contribution in [-0.4, -0.2) is 23.2 Å². The fraction of sp³-hybridized carbons (Fsp3) is 0.333. The number of benzene rings is 1. The lowest BCUT2D eigenvalue weighted by atomic mass is 9.91. The fourth-order valence-corrected chi connectivity index (χ4v) is 3.60. The highest BCUT2D eigenvalue weighted by atomic mass is 32.1. The molecule has 1 aromatic carbocycles. The maximum absolute atomic E-state index is 11.3. The van der Waals surface area contributed by atoms with Crippen LogP contribution in [-0.2, 0) is 11.2 Å². The zero-order valence-corrected chi connectivity index (χ0v) is 12.4. The molecule has 5 nitrogen and oxygen atoms in total. The van der Waals surface area contributed by atoms with Gasteiger partial charge in [-0.25, -0.2) is 4.98 Å². The van der Waals surface area contributed by atoms with Crippen LogP contribution in [0.3, 0.4) is 0 Å². The van der Waals surface area contributed by atoms with Crippen LogP contribution in [0.15, 0.2) is 24.3 Å². The molecule has 110 valence electrons. The van der Waals surface area contributed by atoms with Crippen LogP contribution in [0.5, 0.6) is 5.75 Å². The number of carbonyl (C=O) groups is 1. The number of nitrogens with zero attached hydrogens (tertiary/aromatic N) is 1. The van der Waals surface area contributed by atoms with Crippen LogP contribution < -0.4 is 10.1 Å². The third-order valence-corrected chi connectivity index (χ3v) is 4.64. The number of carboxylic acid groups (broad SMARTS) is 1. The summed E-state index contributed by atoms with van der Waals surface area (Å²) in [5.74, 6) is -0.446. The summed E-state index contributed by atoms with van der Waals surface area (Å²) in [7, 11) is 1.63. The highest BCUT2D eigenvalue weighted by molar-refractivity contribution is 7.15. The molecule has 0 saturated heterocycles. The largest absolute Gasteiger partial charge is 0.497 e. The molecule has 1 heterocycles. The fourth-order valence-electron chi connectivity index (χ4n) is 2.51. The van der Waals surface area contributed by atoms with Crippen molar-refractivity contribution in [1.82, 2.24) is 4.98 Å². The van der Waals surface area contributed by atoms with Crippen LogP contribution in [0.25, 0.3) is 0 Å². The summed E-state index contributed by atoms with van der Waals surface area (Å²) in [5, 5.41) is 13.3. The molecule has 0 bridgehead atoms. The van der Waals surface area contributed by atoms with Gasteiger partial charge in [0.05, 0.1) is 12.8 Å². The van der Waals surface area contributed by atoms with Gasteiger partial charge in [-0.05, 0) is 43.5 Å². The Morgan fingerprint density at radius 3 is 2.86 bits per heavy atom. The minimum absolute atomic E-state index is 0.462. The second kappa shape index (κ2) is 5.73. The Hall–Kier alpha value is -2.08. The second-order valence-corrected chi connectivity index (χ2v) is 6.05. The number of aromatic nitrogens is 1. The third kappa shape index (κ3) is 2.85. The van der Waals surface area contributed by atoms with Gasteiger partial charge < -0.3 is 15.2 Å². The summed E-state index contributed by atoms with van der Waals surface area (Å²) < 4.78 is 5.12. The number of aliphatic carboxylic acids is 1. The second-order valence-electron chi connectivity index (χ2n) is 4.96. The number of aryl methyl sites for hydroxylation is 1. The number of methoxy groups -OCH3 is 1. The first-order valence-corrected chi connectivity index (χ1v) is 7.62. The lowest BCUT2D eigenvalue weighted by molar-refractivity contribution is -0.139. The van der Waals surface area contributed by atoms with Crippen molar-refractivity contribution in [3.05, 3.63) is 34.8 Å². The predicted molar refractivity (Wildman–Crippen MR) is 81.7 cm³/mol. The molecule has 0 radical (unpaired) electrons. The summed E-state index contributed by atoms with van der Waals surface area (Å²) in [6, 6.07) is 7.56. The number of hydrogen-bond acceptors (Lipinski definition) is 5. The molecule has 1 atom stereocenters. The van der Waals surface area contributed by atoms with Gasteiger partial charge in [0.25, 0.3) is 0 Å². The first-order valence-electron chi connectivity index (χ1n) is 6.81. The highest BCUT2D eigenvalue weighted by Gasteiger charge is 2.29. The average Bonchev–Trinajstić information content (AvgIpc) is 2.89. The topological polar surface area (TPSA) is 71.5 Å². The molecule has 1 unspecified atom stereocenters. The summed E-state index contributed by atoms with van der Waals surface area (Å²) >= 11 is 1.54. The molecule has 0 saturated carbocycles. The lowest BCUT2D eigenvalue weighted by Crippen LogP contribution is -2.17. The van der Waals surface area contributed by atoms with E-state index in [0.29, 0.717) is 6.42 Å². The van der Waals surface area contributed by atoms with Crippen LogP contribution in [0, 0.1) is 0 Å². The van der Waals surface area contributed by atoms with E-state index in [2.05, 4.69) is 10.3 Å². The Labute approximate surface area is 126 Å². The number of carboxylic acids is 1. The molecule has 0 amide bonds. The summed E-state index contributed by atoms with van der Waals surface area (Å²) in [4.78, 5) is 16.9. The van der Waals surface area contributed by atoms with Gasteiger partial charge in [-0.15, -0.1) is 11.3 Å². The van der Waals surface area contributed by atoms with E-state index < -0.39 is 11.9 Å². The van der Waals surface area contributed by atoms with E-state index in [0.717, 1.165) is 40.0 Å². The van der Waals surface area contributed by atoms with Crippen molar-refractivity contribution in [3.63, 3.8) is 0 Å². The van der Waals surface area contributed by atoms with Gasteiger partial charge in [-0.1, -0.05) is 0 Å². The molecule has 2 aromatic rings. The van der Waals surface area contributed by atoms with E-state index in [1.54, 1.807) is 18.4 Å². The van der Waals surface area contributed by atoms with Gasteiger partial charge in [0, 0.05) is 10.6 Å². The molecular formula is C15H16N2O3S. The predicted octanol–water partition coefficient (Wildman–Crippen LogP) is 3.40. The van der Waals surface area contributed by atoms with E-state index >= 15 is 0 Å². The van der Waals surface area contributed by atoms with Crippen molar-refractivity contribution < 1.29 is 14.6 Å². The Bertz CT molecular complexity index is 651. The molecule has 2 N–H and O–H groups in total. The molecule has 1 aliphatic rings. The maximum atomic E-state index is 11.3. The van der Waals surface area contributed by atoms with E-state index in [1.165, 1.54) is 0 Å². The first-order chi connectivity index (χ1) is 10.2. The lowest BCUT2D eigenvalue weighted by Gasteiger charge is -2.16. The molecule has 1 aliphatic carbocycles. The minimum Gasteiger partial charge on any atom is -0.497 e. The van der Waals surface area contributed by atoms with Gasteiger partial charge in [-0.2, -0.15) is 0 Å². The van der Waals surface area contributed by atoms with Crippen molar-refractivity contribution in [3.8, 4) is 5.75 Å². The van der Waals surface area contributed by atoms with Crippen molar-refractivity contribution in [2.24, 2.45) is 0 Å². The third-order valence-electron chi connectivity index (χ3n) is 3.59. The quantitative estimate of drug-likeness (QED) is 0.906. The van der Waals surface area contributed by atoms with Gasteiger partial charge in [0.15, 0.2) is 5.13 Å². The molecule has 1 aromatic heterocycles. The van der Waals surface area contributed by atoms with Gasteiger partial charge in [0.2, 0.25) is 0 Å². The van der Waals surface area contributed by atoms with E-state index in [9.17, 15) is 9.90 Å². The van der Waals surface area contributed by atoms with Gasteiger partial charge in [-0.3, -0.25) is 4.79 Å². The minimum atomic E-state index is -0.780. The van der Waals surface area contributed by atoms with Crippen LogP contribution in [0.4, 0.5) is 10.8 Å². The number of rotatable bonds is 4. The molecule has 0 aliphatic heterocycles. The molecule has 0 spiro atoms. The number of nitrogens with one attached hydrogen (secondary N) is 1. The first kappa shape index (κ1) is 13.9. The Morgan fingerprint density at radius 2 is 2.19 bits per heavy atom. The van der Waals surface area contributed by atoms with Gasteiger partial charge >= 0.3 is 5.97 Å². The van der Waals surface area contributed by atoms with Crippen LogP contribution in [0.2, 0.25) is 0 Å².